The molecule has 28 heavy (non-hydrogen) atoms. The number of hydrogen-bond acceptors (Lipinski definition) is 3. The molecule has 0 saturated carbocycles. The third-order valence-corrected chi connectivity index (χ3v) is 5.02. The average Bonchev–Trinajstić information content (AvgIpc) is 3.29. The molecule has 2 aromatic rings. The molecule has 0 saturated heterocycles. The maximum absolute atomic E-state index is 13.2. The van der Waals surface area contributed by atoms with Crippen LogP contribution in [0, 0.1) is 5.92 Å². The molecular formula is C22H33N3O3. The Hall–Kier alpha value is -2.50. The Balaban J connectivity index is 2.18. The summed E-state index contributed by atoms with van der Waals surface area (Å²) in [4.78, 5) is 29.4. The molecule has 1 unspecified atom stereocenters. The van der Waals surface area contributed by atoms with Crippen LogP contribution in [-0.4, -0.2) is 38.8 Å². The van der Waals surface area contributed by atoms with E-state index in [0.717, 1.165) is 17.9 Å². The molecule has 2 heterocycles. The number of aromatic nitrogens is 1. The topological polar surface area (TPSA) is 58.7 Å². The highest BCUT2D eigenvalue weighted by Crippen LogP contribution is 2.15. The van der Waals surface area contributed by atoms with Gasteiger partial charge in [0.2, 0.25) is 11.8 Å². The van der Waals surface area contributed by atoms with Gasteiger partial charge in [-0.05, 0) is 43.5 Å². The largest absolute Gasteiger partial charge is 0.467 e. The molecule has 0 N–H and O–H groups in total. The van der Waals surface area contributed by atoms with Crippen LogP contribution in [0.3, 0.4) is 0 Å². The molecule has 2 rings (SSSR count). The quantitative estimate of drug-likeness (QED) is 0.623. The average molecular weight is 388 g/mol. The fourth-order valence-corrected chi connectivity index (χ4v) is 3.10. The fraction of sp³-hybridized carbons (Fsp3) is 0.545. The van der Waals surface area contributed by atoms with E-state index in [1.165, 1.54) is 0 Å². The number of furan rings is 1. The summed E-state index contributed by atoms with van der Waals surface area (Å²) in [5, 5.41) is 0. The van der Waals surface area contributed by atoms with Gasteiger partial charge in [-0.15, -0.1) is 0 Å². The summed E-state index contributed by atoms with van der Waals surface area (Å²) >= 11 is 0. The van der Waals surface area contributed by atoms with Crippen LogP contribution < -0.4 is 0 Å². The molecule has 154 valence electrons. The van der Waals surface area contributed by atoms with Gasteiger partial charge in [0, 0.05) is 31.4 Å². The highest BCUT2D eigenvalue weighted by molar-refractivity contribution is 5.85. The van der Waals surface area contributed by atoms with E-state index in [2.05, 4.69) is 0 Å². The minimum atomic E-state index is -0.0741. The highest BCUT2D eigenvalue weighted by Gasteiger charge is 2.26. The predicted octanol–water partition coefficient (Wildman–Crippen LogP) is 3.82. The van der Waals surface area contributed by atoms with Gasteiger partial charge in [-0.3, -0.25) is 9.59 Å². The van der Waals surface area contributed by atoms with Gasteiger partial charge in [-0.1, -0.05) is 20.8 Å². The van der Waals surface area contributed by atoms with Gasteiger partial charge in [0.1, 0.15) is 12.3 Å². The van der Waals surface area contributed by atoms with Crippen LogP contribution in [0.25, 0.3) is 0 Å². The Kier molecular flexibility index (Phi) is 7.91. The van der Waals surface area contributed by atoms with Crippen molar-refractivity contribution in [1.29, 1.82) is 0 Å². The molecule has 6 nitrogen and oxygen atoms in total. The van der Waals surface area contributed by atoms with Crippen LogP contribution in [0.5, 0.6) is 0 Å². The van der Waals surface area contributed by atoms with Crippen LogP contribution in [0.4, 0.5) is 0 Å². The monoisotopic (exact) mass is 387 g/mol. The van der Waals surface area contributed by atoms with E-state index in [4.69, 9.17) is 4.42 Å². The Morgan fingerprint density at radius 3 is 2.39 bits per heavy atom. The van der Waals surface area contributed by atoms with Gasteiger partial charge in [-0.2, -0.15) is 0 Å². The van der Waals surface area contributed by atoms with E-state index in [9.17, 15) is 9.59 Å². The summed E-state index contributed by atoms with van der Waals surface area (Å²) in [6.45, 7) is 9.01. The molecule has 0 aliphatic carbocycles. The first-order valence-electron chi connectivity index (χ1n) is 10.0. The summed E-state index contributed by atoms with van der Waals surface area (Å²) in [6, 6.07) is 7.66. The molecule has 1 atom stereocenters. The van der Waals surface area contributed by atoms with Gasteiger partial charge in [0.15, 0.2) is 0 Å². The minimum Gasteiger partial charge on any atom is -0.467 e. The zero-order chi connectivity index (χ0) is 20.7. The summed E-state index contributed by atoms with van der Waals surface area (Å²) in [5.41, 5.74) is 1.03. The Bertz CT molecular complexity index is 749. The zero-order valence-corrected chi connectivity index (χ0v) is 17.7. The summed E-state index contributed by atoms with van der Waals surface area (Å²) in [7, 11) is 1.96. The van der Waals surface area contributed by atoms with Gasteiger partial charge >= 0.3 is 0 Å². The normalized spacial score (nSPS) is 12.2. The van der Waals surface area contributed by atoms with Crippen LogP contribution in [0.2, 0.25) is 0 Å². The van der Waals surface area contributed by atoms with Crippen molar-refractivity contribution in [2.24, 2.45) is 13.0 Å². The first kappa shape index (κ1) is 21.8. The Labute approximate surface area is 168 Å². The summed E-state index contributed by atoms with van der Waals surface area (Å²) in [5.74, 6) is 0.951. The second kappa shape index (κ2) is 10.2. The van der Waals surface area contributed by atoms with Crippen molar-refractivity contribution in [3.8, 4) is 0 Å². The van der Waals surface area contributed by atoms with Crippen molar-refractivity contribution >= 4 is 11.8 Å². The zero-order valence-electron chi connectivity index (χ0n) is 17.7. The van der Waals surface area contributed by atoms with Gasteiger partial charge in [0.25, 0.3) is 0 Å². The standard InChI is InChI=1S/C22H33N3O3/c1-6-18(4)25(21(26)13-17(2)3)16-22(27)24(15-20-10-8-12-28-20)14-19-9-7-11-23(19)5/h7-12,17-18H,6,13-16H2,1-5H3. The first-order valence-corrected chi connectivity index (χ1v) is 10.0. The molecule has 2 aromatic heterocycles. The van der Waals surface area contributed by atoms with E-state index in [-0.39, 0.29) is 30.3 Å². The number of aryl methyl sites for hydroxylation is 1. The maximum Gasteiger partial charge on any atom is 0.242 e. The molecule has 2 amide bonds. The molecule has 0 aromatic carbocycles. The number of amides is 2. The molecule has 0 bridgehead atoms. The third kappa shape index (κ3) is 6.01. The lowest BCUT2D eigenvalue weighted by atomic mass is 10.1. The van der Waals surface area contributed by atoms with Gasteiger partial charge in [-0.25, -0.2) is 0 Å². The number of carbonyl (C=O) groups excluding carboxylic acids is 2. The molecule has 0 spiro atoms. The number of nitrogens with zero attached hydrogens (tertiary/aromatic N) is 3. The summed E-state index contributed by atoms with van der Waals surface area (Å²) < 4.78 is 7.45. The van der Waals surface area contributed by atoms with Crippen LogP contribution >= 0.6 is 0 Å². The molecule has 6 heteroatoms. The number of hydrogen-bond donors (Lipinski definition) is 0. The van der Waals surface area contributed by atoms with Crippen molar-refractivity contribution < 1.29 is 14.0 Å². The first-order chi connectivity index (χ1) is 13.3. The van der Waals surface area contributed by atoms with Crippen molar-refractivity contribution in [2.45, 2.75) is 59.7 Å². The van der Waals surface area contributed by atoms with Gasteiger partial charge < -0.3 is 18.8 Å². The Morgan fingerprint density at radius 1 is 1.11 bits per heavy atom. The Morgan fingerprint density at radius 2 is 1.86 bits per heavy atom. The van der Waals surface area contributed by atoms with Gasteiger partial charge in [0.05, 0.1) is 19.4 Å². The SMILES string of the molecule is CCC(C)N(CC(=O)N(Cc1ccco1)Cc1cccn1C)C(=O)CC(C)C. The van der Waals surface area contributed by atoms with Crippen molar-refractivity contribution in [2.75, 3.05) is 6.54 Å². The van der Waals surface area contributed by atoms with E-state index in [0.29, 0.717) is 19.5 Å². The summed E-state index contributed by atoms with van der Waals surface area (Å²) in [6.07, 6.45) is 4.83. The smallest absolute Gasteiger partial charge is 0.242 e. The van der Waals surface area contributed by atoms with Crippen LogP contribution in [0.15, 0.2) is 41.1 Å². The fourth-order valence-electron chi connectivity index (χ4n) is 3.10. The van der Waals surface area contributed by atoms with E-state index < -0.39 is 0 Å². The highest BCUT2D eigenvalue weighted by atomic mass is 16.3. The molecule has 0 radical (unpaired) electrons. The lowest BCUT2D eigenvalue weighted by molar-refractivity contribution is -0.143. The van der Waals surface area contributed by atoms with E-state index >= 15 is 0 Å². The van der Waals surface area contributed by atoms with Crippen molar-refractivity contribution in [3.05, 3.63) is 48.2 Å². The minimum absolute atomic E-state index is 0.0238. The molecular weight excluding hydrogens is 354 g/mol. The molecule has 0 aliphatic heterocycles. The lowest BCUT2D eigenvalue weighted by Gasteiger charge is -2.31. The third-order valence-electron chi connectivity index (χ3n) is 5.02. The van der Waals surface area contributed by atoms with Crippen molar-refractivity contribution in [1.82, 2.24) is 14.4 Å². The second-order valence-corrected chi connectivity index (χ2v) is 7.82. The maximum atomic E-state index is 13.2. The van der Waals surface area contributed by atoms with E-state index in [1.54, 1.807) is 16.1 Å². The molecule has 0 aliphatic rings. The number of rotatable bonds is 10. The molecule has 0 fully saturated rings. The predicted molar refractivity (Wildman–Crippen MR) is 109 cm³/mol. The van der Waals surface area contributed by atoms with Crippen molar-refractivity contribution in [3.63, 3.8) is 0 Å². The number of carbonyl (C=O) groups is 2. The lowest BCUT2D eigenvalue weighted by Crippen LogP contribution is -2.46. The van der Waals surface area contributed by atoms with Crippen LogP contribution in [-0.2, 0) is 29.7 Å². The van der Waals surface area contributed by atoms with E-state index in [1.807, 2.05) is 69.8 Å². The van der Waals surface area contributed by atoms with Crippen LogP contribution in [0.1, 0.15) is 52.0 Å². The second-order valence-electron chi connectivity index (χ2n) is 7.82.